The lowest BCUT2D eigenvalue weighted by Gasteiger charge is -2.12. The molecular formula is C24H19N5O2. The molecule has 0 radical (unpaired) electrons. The summed E-state index contributed by atoms with van der Waals surface area (Å²) in [6.45, 7) is 0.265. The van der Waals surface area contributed by atoms with Crippen molar-refractivity contribution >= 4 is 39.0 Å². The predicted octanol–water partition coefficient (Wildman–Crippen LogP) is 3.83. The molecule has 0 aliphatic heterocycles. The van der Waals surface area contributed by atoms with Gasteiger partial charge in [0.25, 0.3) is 5.56 Å². The third-order valence-corrected chi connectivity index (χ3v) is 5.16. The average Bonchev–Trinajstić information content (AvgIpc) is 3.28. The van der Waals surface area contributed by atoms with Crippen LogP contribution in [0.1, 0.15) is 5.56 Å². The average molecular weight is 409 g/mol. The van der Waals surface area contributed by atoms with Gasteiger partial charge in [0.15, 0.2) is 5.78 Å². The van der Waals surface area contributed by atoms with Crippen molar-refractivity contribution in [1.29, 1.82) is 0 Å². The maximum Gasteiger partial charge on any atom is 0.257 e. The Morgan fingerprint density at radius 3 is 2.55 bits per heavy atom. The van der Waals surface area contributed by atoms with Crippen LogP contribution in [0.3, 0.4) is 0 Å². The van der Waals surface area contributed by atoms with Crippen LogP contribution in [0.4, 0.5) is 11.4 Å². The Morgan fingerprint density at radius 1 is 0.968 bits per heavy atom. The van der Waals surface area contributed by atoms with Crippen LogP contribution < -0.4 is 10.9 Å². The third-order valence-electron chi connectivity index (χ3n) is 5.16. The van der Waals surface area contributed by atoms with Crippen molar-refractivity contribution in [3.05, 3.63) is 95.2 Å². The number of Topliss-reactive ketones (excluding diaryl/α,β-unsaturated/α-hetero) is 1. The van der Waals surface area contributed by atoms with Crippen LogP contribution in [0.5, 0.6) is 0 Å². The van der Waals surface area contributed by atoms with Gasteiger partial charge in [0.1, 0.15) is 5.65 Å². The molecule has 2 N–H and O–H groups in total. The number of carbonyl (C=O) groups is 1. The molecule has 7 heteroatoms. The lowest BCUT2D eigenvalue weighted by Crippen LogP contribution is -2.12. The fourth-order valence-corrected chi connectivity index (χ4v) is 3.73. The van der Waals surface area contributed by atoms with Gasteiger partial charge in [0.05, 0.1) is 12.2 Å². The minimum atomic E-state index is -0.156. The Bertz CT molecular complexity index is 1440. The molecule has 0 saturated heterocycles. The van der Waals surface area contributed by atoms with Gasteiger partial charge in [0, 0.05) is 46.9 Å². The van der Waals surface area contributed by atoms with E-state index in [1.807, 2.05) is 48.5 Å². The van der Waals surface area contributed by atoms with Crippen molar-refractivity contribution in [2.45, 2.75) is 13.0 Å². The number of fused-ring (bicyclic) bond motifs is 3. The number of nitrogens with zero attached hydrogens (tertiary/aromatic N) is 3. The van der Waals surface area contributed by atoms with Gasteiger partial charge in [-0.15, -0.1) is 0 Å². The van der Waals surface area contributed by atoms with Gasteiger partial charge in [-0.2, -0.15) is 5.10 Å². The summed E-state index contributed by atoms with van der Waals surface area (Å²) in [6, 6.07) is 18.9. The van der Waals surface area contributed by atoms with E-state index in [1.54, 1.807) is 35.4 Å². The highest BCUT2D eigenvalue weighted by molar-refractivity contribution is 6.10. The van der Waals surface area contributed by atoms with E-state index in [1.165, 1.54) is 0 Å². The Hall–Kier alpha value is -4.26. The molecule has 0 atom stereocenters. The second kappa shape index (κ2) is 7.87. The number of aromatic amines is 1. The van der Waals surface area contributed by atoms with Crippen molar-refractivity contribution in [3.63, 3.8) is 0 Å². The van der Waals surface area contributed by atoms with Crippen molar-refractivity contribution in [2.75, 3.05) is 5.32 Å². The lowest BCUT2D eigenvalue weighted by molar-refractivity contribution is -0.119. The van der Waals surface area contributed by atoms with Crippen molar-refractivity contribution in [2.24, 2.45) is 0 Å². The minimum Gasteiger partial charge on any atom is -0.355 e. The van der Waals surface area contributed by atoms with E-state index >= 15 is 0 Å². The Morgan fingerprint density at radius 2 is 1.77 bits per heavy atom. The van der Waals surface area contributed by atoms with E-state index in [9.17, 15) is 9.59 Å². The minimum absolute atomic E-state index is 0.0972. The molecule has 0 saturated carbocycles. The molecule has 0 unspecified atom stereocenters. The number of ketones is 1. The number of nitrogens with one attached hydrogen (secondary N) is 2. The monoisotopic (exact) mass is 409 g/mol. The molecule has 0 bridgehead atoms. The molecule has 5 aromatic rings. The number of benzene rings is 2. The maximum atomic E-state index is 12.3. The summed E-state index contributed by atoms with van der Waals surface area (Å²) < 4.78 is 1.63. The maximum absolute atomic E-state index is 12.3. The van der Waals surface area contributed by atoms with E-state index in [0.717, 1.165) is 27.7 Å². The summed E-state index contributed by atoms with van der Waals surface area (Å²) in [6.07, 6.45) is 5.46. The van der Waals surface area contributed by atoms with Gasteiger partial charge in [-0.3, -0.25) is 14.3 Å². The predicted molar refractivity (Wildman–Crippen MR) is 121 cm³/mol. The number of carbonyl (C=O) groups excluding carboxylic acids is 1. The molecule has 0 fully saturated rings. The quantitative estimate of drug-likeness (QED) is 0.416. The number of H-pyrrole nitrogens is 1. The topological polar surface area (TPSA) is 92.7 Å². The molecular weight excluding hydrogens is 390 g/mol. The molecule has 0 amide bonds. The zero-order valence-electron chi connectivity index (χ0n) is 16.6. The highest BCUT2D eigenvalue weighted by Crippen LogP contribution is 2.29. The number of hydrogen-bond acceptors (Lipinski definition) is 5. The molecule has 0 aliphatic rings. The summed E-state index contributed by atoms with van der Waals surface area (Å²) in [5, 5.41) is 9.81. The van der Waals surface area contributed by atoms with Crippen LogP contribution in [0.2, 0.25) is 0 Å². The number of aromatic nitrogens is 4. The molecule has 0 aliphatic carbocycles. The van der Waals surface area contributed by atoms with E-state index in [2.05, 4.69) is 20.4 Å². The van der Waals surface area contributed by atoms with Crippen LogP contribution in [0.15, 0.2) is 84.0 Å². The highest BCUT2D eigenvalue weighted by Gasteiger charge is 2.10. The van der Waals surface area contributed by atoms with Crippen molar-refractivity contribution < 1.29 is 4.79 Å². The number of rotatable bonds is 6. The van der Waals surface area contributed by atoms with E-state index in [0.29, 0.717) is 17.5 Å². The van der Waals surface area contributed by atoms with Crippen LogP contribution in [-0.2, 0) is 17.8 Å². The van der Waals surface area contributed by atoms with Crippen LogP contribution in [0.25, 0.3) is 21.8 Å². The number of hydrogen-bond donors (Lipinski definition) is 2. The molecule has 7 nitrogen and oxygen atoms in total. The molecule has 2 aromatic carbocycles. The number of anilines is 2. The smallest absolute Gasteiger partial charge is 0.257 e. The van der Waals surface area contributed by atoms with E-state index in [-0.39, 0.29) is 17.9 Å². The van der Waals surface area contributed by atoms with Gasteiger partial charge in [-0.05, 0) is 35.9 Å². The first-order valence-corrected chi connectivity index (χ1v) is 9.92. The first-order chi connectivity index (χ1) is 15.2. The Labute approximate surface area is 177 Å². The molecule has 31 heavy (non-hydrogen) atoms. The fraction of sp³-hybridized carbons (Fsp3) is 0.0833. The van der Waals surface area contributed by atoms with Gasteiger partial charge in [0.2, 0.25) is 0 Å². The summed E-state index contributed by atoms with van der Waals surface area (Å²) >= 11 is 0. The summed E-state index contributed by atoms with van der Waals surface area (Å²) in [5.41, 5.74) is 3.05. The normalized spacial score (nSPS) is 11.1. The zero-order chi connectivity index (χ0) is 21.2. The highest BCUT2D eigenvalue weighted by atomic mass is 16.1. The van der Waals surface area contributed by atoms with E-state index in [4.69, 9.17) is 0 Å². The lowest BCUT2D eigenvalue weighted by atomic mass is 10.1. The Balaban J connectivity index is 1.41. The molecule has 0 spiro atoms. The van der Waals surface area contributed by atoms with E-state index < -0.39 is 0 Å². The van der Waals surface area contributed by atoms with Crippen LogP contribution >= 0.6 is 0 Å². The summed E-state index contributed by atoms with van der Waals surface area (Å²) in [4.78, 5) is 31.8. The van der Waals surface area contributed by atoms with Crippen molar-refractivity contribution in [1.82, 2.24) is 19.7 Å². The van der Waals surface area contributed by atoms with Gasteiger partial charge < -0.3 is 10.3 Å². The largest absolute Gasteiger partial charge is 0.355 e. The second-order valence-corrected chi connectivity index (χ2v) is 7.32. The summed E-state index contributed by atoms with van der Waals surface area (Å²) in [5.74, 6) is 0.0972. The SMILES string of the molecule is O=C(Cc1ccc(Nc2ccnc3[nH]c(=O)c4ccccc4c23)cc1)Cn1cccn1. The standard InChI is InChI=1S/C24H19N5O2/c30-18(15-29-13-3-11-26-29)14-16-6-8-17(9-7-16)27-21-10-12-25-23-22(21)19-4-1-2-5-20(19)24(31)28-23/h1-13H,14-15H2,(H2,25,27,28,31). The van der Waals surface area contributed by atoms with Gasteiger partial charge in [-0.1, -0.05) is 30.3 Å². The summed E-state index contributed by atoms with van der Waals surface area (Å²) in [7, 11) is 0. The molecule has 3 aromatic heterocycles. The second-order valence-electron chi connectivity index (χ2n) is 7.32. The Kier molecular flexibility index (Phi) is 4.76. The zero-order valence-corrected chi connectivity index (χ0v) is 16.6. The van der Waals surface area contributed by atoms with Gasteiger partial charge >= 0.3 is 0 Å². The van der Waals surface area contributed by atoms with Gasteiger partial charge in [-0.25, -0.2) is 4.98 Å². The van der Waals surface area contributed by atoms with Crippen LogP contribution in [-0.4, -0.2) is 25.5 Å². The first kappa shape index (κ1) is 18.7. The molecule has 3 heterocycles. The van der Waals surface area contributed by atoms with Crippen molar-refractivity contribution in [3.8, 4) is 0 Å². The fourth-order valence-electron chi connectivity index (χ4n) is 3.73. The third kappa shape index (κ3) is 3.81. The molecule has 152 valence electrons. The van der Waals surface area contributed by atoms with Crippen LogP contribution in [0, 0.1) is 0 Å². The first-order valence-electron chi connectivity index (χ1n) is 9.92. The molecule has 5 rings (SSSR count). The number of pyridine rings is 2.